The Kier molecular flexibility index (Phi) is 7.04. The predicted molar refractivity (Wildman–Crippen MR) is 147 cm³/mol. The molecule has 0 amide bonds. The fourth-order valence-corrected chi connectivity index (χ4v) is 6.90. The number of para-hydroxylation sites is 1. The Morgan fingerprint density at radius 3 is 2.65 bits per heavy atom. The predicted octanol–water partition coefficient (Wildman–Crippen LogP) is 5.71. The molecule has 2 aliphatic heterocycles. The van der Waals surface area contributed by atoms with E-state index in [1.54, 1.807) is 36.1 Å². The van der Waals surface area contributed by atoms with E-state index in [1.807, 2.05) is 13.8 Å². The van der Waals surface area contributed by atoms with Crippen molar-refractivity contribution in [2.45, 2.75) is 62.8 Å². The zero-order chi connectivity index (χ0) is 26.3. The second-order valence-corrected chi connectivity index (χ2v) is 12.5. The van der Waals surface area contributed by atoms with E-state index in [0.29, 0.717) is 23.4 Å². The number of fused-ring (bicyclic) bond motifs is 1. The van der Waals surface area contributed by atoms with E-state index in [9.17, 15) is 8.42 Å². The van der Waals surface area contributed by atoms with Crippen LogP contribution in [0, 0.1) is 6.92 Å². The molecule has 2 aromatic carbocycles. The third-order valence-electron chi connectivity index (χ3n) is 6.95. The fourth-order valence-electron chi connectivity index (χ4n) is 5.13. The number of benzene rings is 2. The van der Waals surface area contributed by atoms with Crippen LogP contribution in [0.15, 0.2) is 47.5 Å². The monoisotopic (exact) mass is 541 g/mol. The minimum Gasteiger partial charge on any atom is -0.489 e. The highest BCUT2D eigenvalue weighted by atomic mass is 35.5. The van der Waals surface area contributed by atoms with E-state index in [1.165, 1.54) is 17.3 Å². The first-order valence-electron chi connectivity index (χ1n) is 12.6. The van der Waals surface area contributed by atoms with Crippen LogP contribution in [-0.2, 0) is 9.84 Å². The maximum absolute atomic E-state index is 13.0. The maximum atomic E-state index is 13.0. The van der Waals surface area contributed by atoms with E-state index in [4.69, 9.17) is 16.3 Å². The molecular formula is C27H32ClN5O3S. The van der Waals surface area contributed by atoms with Gasteiger partial charge >= 0.3 is 0 Å². The van der Waals surface area contributed by atoms with E-state index < -0.39 is 15.2 Å². The molecule has 37 heavy (non-hydrogen) atoms. The number of hydrogen-bond acceptors (Lipinski definition) is 8. The zero-order valence-corrected chi connectivity index (χ0v) is 23.0. The van der Waals surface area contributed by atoms with Crippen LogP contribution in [0.5, 0.6) is 5.75 Å². The molecule has 0 bridgehead atoms. The minimum absolute atomic E-state index is 0.0158. The molecule has 10 heteroatoms. The van der Waals surface area contributed by atoms with Gasteiger partial charge in [0.2, 0.25) is 15.8 Å². The van der Waals surface area contributed by atoms with Gasteiger partial charge in [-0.1, -0.05) is 23.7 Å². The van der Waals surface area contributed by atoms with Crippen molar-refractivity contribution in [1.82, 2.24) is 15.3 Å². The molecule has 2 aliphatic rings. The Hall–Kier alpha value is -2.88. The van der Waals surface area contributed by atoms with E-state index >= 15 is 0 Å². The highest BCUT2D eigenvalue weighted by molar-refractivity contribution is 7.92. The summed E-state index contributed by atoms with van der Waals surface area (Å²) in [6.07, 6.45) is 3.66. The summed E-state index contributed by atoms with van der Waals surface area (Å²) in [4.78, 5) is 11.0. The SMILES string of the molecule is Cc1cc(Nc2ncc(Cl)c(N3c4ccccc4S(=O)(=O)C3C)n2)c(OC(C)C)cc1C1CCNCC1. The lowest BCUT2D eigenvalue weighted by Crippen LogP contribution is -2.29. The van der Waals surface area contributed by atoms with Crippen LogP contribution in [0.4, 0.5) is 23.1 Å². The molecule has 0 aliphatic carbocycles. The quantitative estimate of drug-likeness (QED) is 0.410. The van der Waals surface area contributed by atoms with E-state index in [-0.39, 0.29) is 16.0 Å². The smallest absolute Gasteiger partial charge is 0.229 e. The van der Waals surface area contributed by atoms with Crippen molar-refractivity contribution in [3.63, 3.8) is 0 Å². The van der Waals surface area contributed by atoms with Gasteiger partial charge in [-0.15, -0.1) is 0 Å². The molecule has 5 rings (SSSR count). The summed E-state index contributed by atoms with van der Waals surface area (Å²) >= 11 is 6.52. The Morgan fingerprint density at radius 2 is 1.92 bits per heavy atom. The van der Waals surface area contributed by atoms with Crippen LogP contribution < -0.4 is 20.3 Å². The molecule has 1 unspecified atom stereocenters. The van der Waals surface area contributed by atoms with Gasteiger partial charge < -0.3 is 20.3 Å². The third kappa shape index (κ3) is 4.87. The number of rotatable bonds is 6. The molecule has 3 aromatic rings. The van der Waals surface area contributed by atoms with E-state index in [0.717, 1.165) is 37.4 Å². The first-order valence-corrected chi connectivity index (χ1v) is 14.5. The lowest BCUT2D eigenvalue weighted by Gasteiger charge is -2.26. The number of ether oxygens (including phenoxy) is 1. The molecule has 196 valence electrons. The molecular weight excluding hydrogens is 510 g/mol. The third-order valence-corrected chi connectivity index (χ3v) is 9.29. The molecule has 1 fully saturated rings. The molecule has 3 heterocycles. The van der Waals surface area contributed by atoms with Crippen molar-refractivity contribution in [2.24, 2.45) is 0 Å². The van der Waals surface area contributed by atoms with Gasteiger partial charge in [0.15, 0.2) is 5.82 Å². The topological polar surface area (TPSA) is 96.5 Å². The second kappa shape index (κ2) is 10.1. The summed E-state index contributed by atoms with van der Waals surface area (Å²) in [5.74, 6) is 1.85. The summed E-state index contributed by atoms with van der Waals surface area (Å²) in [5.41, 5.74) is 3.77. The summed E-state index contributed by atoms with van der Waals surface area (Å²) in [5, 5.41) is 6.15. The van der Waals surface area contributed by atoms with Crippen molar-refractivity contribution in [1.29, 1.82) is 0 Å². The number of nitrogens with zero attached hydrogens (tertiary/aromatic N) is 3. The average molecular weight is 542 g/mol. The molecule has 2 N–H and O–H groups in total. The van der Waals surface area contributed by atoms with Gasteiger partial charge in [-0.05, 0) is 94.9 Å². The number of piperidine rings is 1. The summed E-state index contributed by atoms with van der Waals surface area (Å²) in [7, 11) is -3.55. The number of hydrogen-bond donors (Lipinski definition) is 2. The number of aromatic nitrogens is 2. The van der Waals surface area contributed by atoms with Crippen molar-refractivity contribution in [3.8, 4) is 5.75 Å². The normalized spacial score (nSPS) is 19.2. The maximum Gasteiger partial charge on any atom is 0.229 e. The molecule has 1 aromatic heterocycles. The van der Waals surface area contributed by atoms with Crippen molar-refractivity contribution in [3.05, 3.63) is 58.7 Å². The lowest BCUT2D eigenvalue weighted by molar-refractivity contribution is 0.243. The first-order chi connectivity index (χ1) is 17.7. The van der Waals surface area contributed by atoms with Crippen LogP contribution in [-0.4, -0.2) is 43.0 Å². The van der Waals surface area contributed by atoms with Gasteiger partial charge in [-0.2, -0.15) is 4.98 Å². The molecule has 8 nitrogen and oxygen atoms in total. The fraction of sp³-hybridized carbons (Fsp3) is 0.407. The number of sulfone groups is 1. The van der Waals surface area contributed by atoms with Crippen molar-refractivity contribution in [2.75, 3.05) is 23.3 Å². The molecule has 0 radical (unpaired) electrons. The van der Waals surface area contributed by atoms with Gasteiger partial charge in [0.25, 0.3) is 0 Å². The summed E-state index contributed by atoms with van der Waals surface area (Å²) in [6.45, 7) is 9.77. The summed E-state index contributed by atoms with van der Waals surface area (Å²) < 4.78 is 32.3. The molecule has 1 atom stereocenters. The Morgan fingerprint density at radius 1 is 1.19 bits per heavy atom. The van der Waals surface area contributed by atoms with Crippen LogP contribution in [0.2, 0.25) is 5.02 Å². The van der Waals surface area contributed by atoms with E-state index in [2.05, 4.69) is 39.7 Å². The second-order valence-electron chi connectivity index (χ2n) is 9.87. The Bertz CT molecular complexity index is 1420. The number of aryl methyl sites for hydroxylation is 1. The molecule has 1 saturated heterocycles. The largest absolute Gasteiger partial charge is 0.489 e. The first kappa shape index (κ1) is 25.8. The van der Waals surface area contributed by atoms with Gasteiger partial charge in [0.1, 0.15) is 16.1 Å². The minimum atomic E-state index is -3.55. The van der Waals surface area contributed by atoms with Crippen LogP contribution >= 0.6 is 11.6 Å². The number of anilines is 4. The number of nitrogens with one attached hydrogen (secondary N) is 2. The highest BCUT2D eigenvalue weighted by Crippen LogP contribution is 2.45. The average Bonchev–Trinajstić information content (AvgIpc) is 3.07. The molecule has 0 saturated carbocycles. The van der Waals surface area contributed by atoms with Gasteiger partial charge in [0, 0.05) is 0 Å². The van der Waals surface area contributed by atoms with Crippen molar-refractivity contribution < 1.29 is 13.2 Å². The number of halogens is 1. The van der Waals surface area contributed by atoms with Gasteiger partial charge in [0.05, 0.1) is 28.6 Å². The van der Waals surface area contributed by atoms with Gasteiger partial charge in [-0.25, -0.2) is 13.4 Å². The molecule has 0 spiro atoms. The zero-order valence-electron chi connectivity index (χ0n) is 21.5. The van der Waals surface area contributed by atoms with Crippen molar-refractivity contribution >= 4 is 44.6 Å². The highest BCUT2D eigenvalue weighted by Gasteiger charge is 2.42. The van der Waals surface area contributed by atoms with Crippen LogP contribution in [0.3, 0.4) is 0 Å². The van der Waals surface area contributed by atoms with Crippen LogP contribution in [0.25, 0.3) is 0 Å². The van der Waals surface area contributed by atoms with Gasteiger partial charge in [-0.3, -0.25) is 0 Å². The van der Waals surface area contributed by atoms with Crippen LogP contribution in [0.1, 0.15) is 50.7 Å². The standard InChI is InChI=1S/C27H32ClN5O3S/c1-16(2)36-24-14-20(19-9-11-29-12-10-19)17(3)13-22(24)31-27-30-15-21(28)26(32-27)33-18(4)37(34,35)25-8-6-5-7-23(25)33/h5-8,13-16,18-19,29H,9-12H2,1-4H3,(H,30,31,32). The summed E-state index contributed by atoms with van der Waals surface area (Å²) in [6, 6.07) is 11.1. The lowest BCUT2D eigenvalue weighted by atomic mass is 9.87. The Labute approximate surface area is 223 Å². The Balaban J connectivity index is 1.52.